The molecule has 0 aromatic rings. The molecule has 2 aliphatic carbocycles. The van der Waals surface area contributed by atoms with Crippen molar-refractivity contribution >= 4 is 12.0 Å². The summed E-state index contributed by atoms with van der Waals surface area (Å²) >= 11 is 0. The minimum Gasteiger partial charge on any atom is -0.481 e. The lowest BCUT2D eigenvalue weighted by Gasteiger charge is -2.29. The third-order valence-electron chi connectivity index (χ3n) is 4.87. The van der Waals surface area contributed by atoms with Crippen LogP contribution in [-0.4, -0.2) is 29.7 Å². The highest BCUT2D eigenvalue weighted by molar-refractivity contribution is 5.78. The first-order valence-corrected chi connectivity index (χ1v) is 7.80. The molecule has 5 nitrogen and oxygen atoms in total. The molecule has 2 aliphatic rings. The number of aliphatic carboxylic acids is 1. The molecule has 2 saturated carbocycles. The molecule has 2 fully saturated rings. The first kappa shape index (κ1) is 15.1. The zero-order valence-corrected chi connectivity index (χ0v) is 12.3. The van der Waals surface area contributed by atoms with Gasteiger partial charge in [-0.3, -0.25) is 4.79 Å². The normalized spacial score (nSPS) is 28.9. The van der Waals surface area contributed by atoms with Crippen LogP contribution in [0.2, 0.25) is 0 Å². The van der Waals surface area contributed by atoms with E-state index in [2.05, 4.69) is 17.6 Å². The fourth-order valence-electron chi connectivity index (χ4n) is 3.57. The first-order chi connectivity index (χ1) is 9.52. The predicted octanol–water partition coefficient (Wildman–Crippen LogP) is 2.51. The highest BCUT2D eigenvalue weighted by Crippen LogP contribution is 2.37. The Balaban J connectivity index is 1.78. The van der Waals surface area contributed by atoms with Crippen LogP contribution in [0.4, 0.5) is 4.79 Å². The Kier molecular flexibility index (Phi) is 4.89. The highest BCUT2D eigenvalue weighted by atomic mass is 16.4. The fraction of sp³-hybridized carbons (Fsp3) is 0.867. The first-order valence-electron chi connectivity index (χ1n) is 7.80. The maximum atomic E-state index is 11.9. The van der Waals surface area contributed by atoms with E-state index >= 15 is 0 Å². The maximum absolute atomic E-state index is 11.9. The summed E-state index contributed by atoms with van der Waals surface area (Å²) in [7, 11) is 0. The number of rotatable bonds is 4. The average molecular weight is 282 g/mol. The Morgan fingerprint density at radius 3 is 2.50 bits per heavy atom. The number of carboxylic acids is 1. The van der Waals surface area contributed by atoms with Crippen LogP contribution < -0.4 is 10.6 Å². The van der Waals surface area contributed by atoms with E-state index in [4.69, 9.17) is 0 Å². The Morgan fingerprint density at radius 1 is 1.20 bits per heavy atom. The number of urea groups is 1. The second kappa shape index (κ2) is 6.46. The molecule has 0 spiro atoms. The van der Waals surface area contributed by atoms with Crippen LogP contribution in [0.5, 0.6) is 0 Å². The van der Waals surface area contributed by atoms with E-state index in [1.54, 1.807) is 0 Å². The van der Waals surface area contributed by atoms with Crippen molar-refractivity contribution in [1.82, 2.24) is 10.6 Å². The number of hydrogen-bond donors (Lipinski definition) is 3. The van der Waals surface area contributed by atoms with Crippen molar-refractivity contribution in [2.75, 3.05) is 6.54 Å². The van der Waals surface area contributed by atoms with Gasteiger partial charge in [-0.15, -0.1) is 0 Å². The Hall–Kier alpha value is -1.26. The van der Waals surface area contributed by atoms with E-state index in [-0.39, 0.29) is 18.6 Å². The molecule has 2 amide bonds. The SMILES string of the molecule is CC1CCCC(NC(=O)NCC2(C(=O)O)CCCC2)C1. The quantitative estimate of drug-likeness (QED) is 0.741. The van der Waals surface area contributed by atoms with E-state index in [1.807, 2.05) is 0 Å². The number of carbonyl (C=O) groups is 2. The van der Waals surface area contributed by atoms with Gasteiger partial charge >= 0.3 is 12.0 Å². The number of carboxylic acid groups (broad SMARTS) is 1. The lowest BCUT2D eigenvalue weighted by atomic mass is 9.86. The Bertz CT molecular complexity index is 364. The summed E-state index contributed by atoms with van der Waals surface area (Å²) in [4.78, 5) is 23.3. The minimum atomic E-state index is -0.776. The monoisotopic (exact) mass is 282 g/mol. The van der Waals surface area contributed by atoms with Gasteiger partial charge in [-0.25, -0.2) is 4.79 Å². The van der Waals surface area contributed by atoms with Crippen molar-refractivity contribution in [3.05, 3.63) is 0 Å². The van der Waals surface area contributed by atoms with E-state index in [9.17, 15) is 14.7 Å². The molecule has 0 aromatic carbocycles. The molecular formula is C15H26N2O3. The van der Waals surface area contributed by atoms with Gasteiger partial charge in [-0.1, -0.05) is 32.6 Å². The molecule has 5 heteroatoms. The smallest absolute Gasteiger partial charge is 0.315 e. The molecule has 0 radical (unpaired) electrons. The van der Waals surface area contributed by atoms with Gasteiger partial charge in [0.1, 0.15) is 0 Å². The molecule has 3 N–H and O–H groups in total. The van der Waals surface area contributed by atoms with Crippen molar-refractivity contribution in [3.8, 4) is 0 Å². The number of amides is 2. The van der Waals surface area contributed by atoms with E-state index < -0.39 is 11.4 Å². The minimum absolute atomic E-state index is 0.211. The molecule has 0 heterocycles. The van der Waals surface area contributed by atoms with Crippen LogP contribution in [-0.2, 0) is 4.79 Å². The second-order valence-corrected chi connectivity index (χ2v) is 6.59. The topological polar surface area (TPSA) is 78.4 Å². The van der Waals surface area contributed by atoms with Gasteiger partial charge in [0.2, 0.25) is 0 Å². The average Bonchev–Trinajstić information content (AvgIpc) is 2.86. The molecule has 0 aliphatic heterocycles. The lowest BCUT2D eigenvalue weighted by Crippen LogP contribution is -2.48. The second-order valence-electron chi connectivity index (χ2n) is 6.59. The predicted molar refractivity (Wildman–Crippen MR) is 76.5 cm³/mol. The van der Waals surface area contributed by atoms with Crippen molar-refractivity contribution in [2.24, 2.45) is 11.3 Å². The van der Waals surface area contributed by atoms with Gasteiger partial charge in [-0.05, 0) is 31.6 Å². The third kappa shape index (κ3) is 3.64. The molecule has 0 saturated heterocycles. The molecule has 2 atom stereocenters. The number of nitrogens with one attached hydrogen (secondary N) is 2. The molecule has 0 bridgehead atoms. The van der Waals surface area contributed by atoms with Gasteiger partial charge in [0, 0.05) is 12.6 Å². The van der Waals surface area contributed by atoms with Crippen molar-refractivity contribution in [3.63, 3.8) is 0 Å². The molecule has 0 aromatic heterocycles. The lowest BCUT2D eigenvalue weighted by molar-refractivity contribution is -0.148. The van der Waals surface area contributed by atoms with Crippen LogP contribution in [0.25, 0.3) is 0 Å². The molecule has 2 rings (SSSR count). The fourth-order valence-corrected chi connectivity index (χ4v) is 3.57. The van der Waals surface area contributed by atoms with Crippen molar-refractivity contribution in [1.29, 1.82) is 0 Å². The van der Waals surface area contributed by atoms with Gasteiger partial charge in [0.05, 0.1) is 5.41 Å². The summed E-state index contributed by atoms with van der Waals surface area (Å²) in [5, 5.41) is 15.1. The summed E-state index contributed by atoms with van der Waals surface area (Å²) in [6, 6.07) is 0.0275. The summed E-state index contributed by atoms with van der Waals surface area (Å²) < 4.78 is 0. The third-order valence-corrected chi connectivity index (χ3v) is 4.87. The number of carbonyl (C=O) groups excluding carboxylic acids is 1. The summed E-state index contributed by atoms with van der Waals surface area (Å²) in [5.74, 6) is -0.115. The molecule has 2 unspecified atom stereocenters. The molecule has 114 valence electrons. The maximum Gasteiger partial charge on any atom is 0.315 e. The highest BCUT2D eigenvalue weighted by Gasteiger charge is 2.41. The Labute approximate surface area is 120 Å². The van der Waals surface area contributed by atoms with Crippen LogP contribution >= 0.6 is 0 Å². The molecular weight excluding hydrogens is 256 g/mol. The van der Waals surface area contributed by atoms with Crippen LogP contribution in [0.1, 0.15) is 58.3 Å². The van der Waals surface area contributed by atoms with Crippen LogP contribution in [0.3, 0.4) is 0 Å². The van der Waals surface area contributed by atoms with Crippen molar-refractivity contribution < 1.29 is 14.7 Å². The molecule has 20 heavy (non-hydrogen) atoms. The van der Waals surface area contributed by atoms with Gasteiger partial charge < -0.3 is 15.7 Å². The van der Waals surface area contributed by atoms with Gasteiger partial charge in [0.25, 0.3) is 0 Å². The van der Waals surface area contributed by atoms with E-state index in [0.29, 0.717) is 18.8 Å². The van der Waals surface area contributed by atoms with Crippen LogP contribution in [0, 0.1) is 11.3 Å². The Morgan fingerprint density at radius 2 is 1.90 bits per heavy atom. The van der Waals surface area contributed by atoms with E-state index in [0.717, 1.165) is 32.1 Å². The summed E-state index contributed by atoms with van der Waals surface area (Å²) in [6.45, 7) is 2.46. The zero-order chi connectivity index (χ0) is 14.6. The van der Waals surface area contributed by atoms with Crippen molar-refractivity contribution in [2.45, 2.75) is 64.3 Å². The summed E-state index contributed by atoms with van der Waals surface area (Å²) in [6.07, 6.45) is 7.67. The summed E-state index contributed by atoms with van der Waals surface area (Å²) in [5.41, 5.74) is -0.739. The zero-order valence-electron chi connectivity index (χ0n) is 12.3. The number of hydrogen-bond acceptors (Lipinski definition) is 2. The largest absolute Gasteiger partial charge is 0.481 e. The van der Waals surface area contributed by atoms with E-state index in [1.165, 1.54) is 6.42 Å². The van der Waals surface area contributed by atoms with Gasteiger partial charge in [0.15, 0.2) is 0 Å². The standard InChI is InChI=1S/C15H26N2O3/c1-11-5-4-6-12(9-11)17-14(20)16-10-15(13(18)19)7-2-3-8-15/h11-12H,2-10H2,1H3,(H,18,19)(H2,16,17,20). The van der Waals surface area contributed by atoms with Crippen LogP contribution in [0.15, 0.2) is 0 Å². The van der Waals surface area contributed by atoms with Gasteiger partial charge in [-0.2, -0.15) is 0 Å².